The van der Waals surface area contributed by atoms with E-state index in [0.29, 0.717) is 19.3 Å². The highest BCUT2D eigenvalue weighted by atomic mass is 16.6. The van der Waals surface area contributed by atoms with Crippen molar-refractivity contribution in [3.05, 3.63) is 85.1 Å². The van der Waals surface area contributed by atoms with Crippen LogP contribution in [-0.2, 0) is 28.6 Å². The molecule has 1 unspecified atom stereocenters. The maximum atomic E-state index is 12.9. The van der Waals surface area contributed by atoms with Gasteiger partial charge in [0.15, 0.2) is 6.10 Å². The molecule has 438 valence electrons. The molecule has 0 bridgehead atoms. The molecule has 0 heterocycles. The zero-order valence-electron chi connectivity index (χ0n) is 50.3. The van der Waals surface area contributed by atoms with Gasteiger partial charge in [0.1, 0.15) is 13.2 Å². The standard InChI is InChI=1S/C70H122O6/c1-4-7-10-13-16-19-22-25-27-29-31-32-33-34-35-36-37-38-39-41-42-45-48-51-54-57-60-63-69(72)75-66-67(65-74-68(71)62-59-56-53-50-47-44-24-21-18-15-12-9-6-3)76-70(73)64-61-58-55-52-49-46-43-40-30-28-26-23-20-17-14-11-8-5-2/h7,10,12,15-16,19,21,24-25,27,31-32,34-35,67H,4-6,8-9,11,13-14,17-18,20,22-23,26,28-30,33,36-66H2,1-3H3/b10-7-,15-12-,19-16-,24-21-,27-25-,32-31-,35-34-. The Morgan fingerprint density at radius 2 is 0.539 bits per heavy atom. The number of esters is 3. The van der Waals surface area contributed by atoms with Gasteiger partial charge in [-0.2, -0.15) is 0 Å². The number of ether oxygens (including phenoxy) is 3. The number of carbonyl (C=O) groups is 3. The van der Waals surface area contributed by atoms with E-state index in [-0.39, 0.29) is 31.1 Å². The van der Waals surface area contributed by atoms with Crippen molar-refractivity contribution in [2.45, 2.75) is 329 Å². The summed E-state index contributed by atoms with van der Waals surface area (Å²) in [5.41, 5.74) is 0. The van der Waals surface area contributed by atoms with Gasteiger partial charge in [0.05, 0.1) is 0 Å². The van der Waals surface area contributed by atoms with Crippen molar-refractivity contribution >= 4 is 17.9 Å². The van der Waals surface area contributed by atoms with Crippen molar-refractivity contribution in [2.75, 3.05) is 13.2 Å². The Morgan fingerprint density at radius 1 is 0.276 bits per heavy atom. The van der Waals surface area contributed by atoms with Gasteiger partial charge in [0.2, 0.25) is 0 Å². The van der Waals surface area contributed by atoms with Crippen molar-refractivity contribution < 1.29 is 28.6 Å². The summed E-state index contributed by atoms with van der Waals surface area (Å²) < 4.78 is 16.9. The summed E-state index contributed by atoms with van der Waals surface area (Å²) in [5, 5.41) is 0. The van der Waals surface area contributed by atoms with E-state index < -0.39 is 6.10 Å². The van der Waals surface area contributed by atoms with Crippen LogP contribution in [-0.4, -0.2) is 37.2 Å². The predicted octanol–water partition coefficient (Wildman–Crippen LogP) is 22.3. The second-order valence-electron chi connectivity index (χ2n) is 21.6. The molecule has 0 saturated carbocycles. The third kappa shape index (κ3) is 61.4. The van der Waals surface area contributed by atoms with E-state index >= 15 is 0 Å². The number of carbonyl (C=O) groups excluding carboxylic acids is 3. The largest absolute Gasteiger partial charge is 0.462 e. The van der Waals surface area contributed by atoms with E-state index in [1.807, 2.05) is 0 Å². The highest BCUT2D eigenvalue weighted by molar-refractivity contribution is 5.71. The van der Waals surface area contributed by atoms with Crippen molar-refractivity contribution in [2.24, 2.45) is 0 Å². The molecule has 0 spiro atoms. The summed E-state index contributed by atoms with van der Waals surface area (Å²) in [7, 11) is 0. The summed E-state index contributed by atoms with van der Waals surface area (Å²) in [6.45, 7) is 6.49. The second-order valence-corrected chi connectivity index (χ2v) is 21.6. The van der Waals surface area contributed by atoms with Gasteiger partial charge in [-0.25, -0.2) is 0 Å². The summed E-state index contributed by atoms with van der Waals surface area (Å²) >= 11 is 0. The number of rotatable bonds is 59. The molecule has 0 N–H and O–H groups in total. The Hall–Kier alpha value is -3.41. The molecule has 0 fully saturated rings. The summed E-state index contributed by atoms with van der Waals surface area (Å²) in [6.07, 6.45) is 84.5. The zero-order chi connectivity index (χ0) is 55.0. The van der Waals surface area contributed by atoms with Crippen molar-refractivity contribution in [1.82, 2.24) is 0 Å². The van der Waals surface area contributed by atoms with Gasteiger partial charge in [-0.1, -0.05) is 298 Å². The van der Waals surface area contributed by atoms with Gasteiger partial charge in [0, 0.05) is 19.3 Å². The minimum Gasteiger partial charge on any atom is -0.462 e. The van der Waals surface area contributed by atoms with Crippen LogP contribution in [0.15, 0.2) is 85.1 Å². The molecule has 0 aromatic heterocycles. The van der Waals surface area contributed by atoms with Crippen LogP contribution in [0.4, 0.5) is 0 Å². The molecule has 0 saturated heterocycles. The Kier molecular flexibility index (Phi) is 61.2. The fourth-order valence-electron chi connectivity index (χ4n) is 9.27. The monoisotopic (exact) mass is 1060 g/mol. The topological polar surface area (TPSA) is 78.9 Å². The average molecular weight is 1060 g/mol. The maximum absolute atomic E-state index is 12.9. The molecule has 0 aromatic rings. The van der Waals surface area contributed by atoms with Gasteiger partial charge in [-0.3, -0.25) is 14.4 Å². The second kappa shape index (κ2) is 64.1. The third-order valence-electron chi connectivity index (χ3n) is 14.1. The van der Waals surface area contributed by atoms with Crippen LogP contribution in [0.2, 0.25) is 0 Å². The third-order valence-corrected chi connectivity index (χ3v) is 14.1. The van der Waals surface area contributed by atoms with Crippen molar-refractivity contribution in [3.63, 3.8) is 0 Å². The van der Waals surface area contributed by atoms with Crippen LogP contribution in [0.25, 0.3) is 0 Å². The number of allylic oxidation sites excluding steroid dienone is 14. The van der Waals surface area contributed by atoms with E-state index in [1.165, 1.54) is 167 Å². The Labute approximate surface area is 471 Å². The number of hydrogen-bond acceptors (Lipinski definition) is 6. The van der Waals surface area contributed by atoms with Crippen LogP contribution in [0.3, 0.4) is 0 Å². The van der Waals surface area contributed by atoms with Gasteiger partial charge in [-0.15, -0.1) is 0 Å². The minimum atomic E-state index is -0.782. The molecule has 76 heavy (non-hydrogen) atoms. The highest BCUT2D eigenvalue weighted by Crippen LogP contribution is 2.17. The molecule has 1 atom stereocenters. The number of unbranched alkanes of at least 4 members (excludes halogenated alkanes) is 34. The van der Waals surface area contributed by atoms with Crippen molar-refractivity contribution in [1.29, 1.82) is 0 Å². The molecule has 6 heteroatoms. The Balaban J connectivity index is 4.28. The average Bonchev–Trinajstić information content (AvgIpc) is 3.42. The normalized spacial score (nSPS) is 12.6. The van der Waals surface area contributed by atoms with Crippen LogP contribution in [0, 0.1) is 0 Å². The quantitative estimate of drug-likeness (QED) is 0.0261. The predicted molar refractivity (Wildman–Crippen MR) is 330 cm³/mol. The highest BCUT2D eigenvalue weighted by Gasteiger charge is 2.19. The summed E-state index contributed by atoms with van der Waals surface area (Å²) in [4.78, 5) is 38.3. The van der Waals surface area contributed by atoms with Crippen LogP contribution < -0.4 is 0 Å². The fourth-order valence-corrected chi connectivity index (χ4v) is 9.27. The lowest BCUT2D eigenvalue weighted by atomic mass is 10.0. The molecule has 0 aromatic carbocycles. The SMILES string of the molecule is CC/C=C\C/C=C\C/C=C\C/C=C\C/C=C\CCCCCCCCCCCCCC(=O)OCC(COC(=O)CCCCCCC/C=C\C/C=C\CCC)OC(=O)CCCCCCCCCCCCCCCCCCCC. The smallest absolute Gasteiger partial charge is 0.306 e. The van der Waals surface area contributed by atoms with E-state index in [0.717, 1.165) is 116 Å². The van der Waals surface area contributed by atoms with Gasteiger partial charge >= 0.3 is 17.9 Å². The molecular formula is C70H122O6. The first kappa shape index (κ1) is 72.6. The zero-order valence-corrected chi connectivity index (χ0v) is 50.3. The maximum Gasteiger partial charge on any atom is 0.306 e. The van der Waals surface area contributed by atoms with E-state index in [2.05, 4.69) is 106 Å². The minimum absolute atomic E-state index is 0.0795. The fraction of sp³-hybridized carbons (Fsp3) is 0.757. The molecule has 0 aliphatic rings. The molecular weight excluding hydrogens is 937 g/mol. The first-order valence-electron chi connectivity index (χ1n) is 32.6. The van der Waals surface area contributed by atoms with Gasteiger partial charge in [-0.05, 0) is 89.9 Å². The molecule has 0 radical (unpaired) electrons. The molecule has 0 amide bonds. The molecule has 0 aliphatic heterocycles. The molecule has 6 nitrogen and oxygen atoms in total. The lowest BCUT2D eigenvalue weighted by molar-refractivity contribution is -0.167. The lowest BCUT2D eigenvalue weighted by Gasteiger charge is -2.18. The van der Waals surface area contributed by atoms with Crippen molar-refractivity contribution in [3.8, 4) is 0 Å². The van der Waals surface area contributed by atoms with E-state index in [1.54, 1.807) is 0 Å². The van der Waals surface area contributed by atoms with Gasteiger partial charge in [0.25, 0.3) is 0 Å². The molecule has 0 aliphatic carbocycles. The first-order valence-corrected chi connectivity index (χ1v) is 32.6. The summed E-state index contributed by atoms with van der Waals surface area (Å²) in [6, 6.07) is 0. The van der Waals surface area contributed by atoms with E-state index in [9.17, 15) is 14.4 Å². The lowest BCUT2D eigenvalue weighted by Crippen LogP contribution is -2.30. The number of hydrogen-bond donors (Lipinski definition) is 0. The molecule has 0 rings (SSSR count). The van der Waals surface area contributed by atoms with Crippen LogP contribution in [0.5, 0.6) is 0 Å². The first-order chi connectivity index (χ1) is 37.5. The van der Waals surface area contributed by atoms with Crippen LogP contribution >= 0.6 is 0 Å². The Morgan fingerprint density at radius 3 is 0.855 bits per heavy atom. The summed E-state index contributed by atoms with van der Waals surface area (Å²) in [5.74, 6) is -0.881. The van der Waals surface area contributed by atoms with E-state index in [4.69, 9.17) is 14.2 Å². The Bertz CT molecular complexity index is 1450. The van der Waals surface area contributed by atoms with Gasteiger partial charge < -0.3 is 14.2 Å². The van der Waals surface area contributed by atoms with Crippen LogP contribution in [0.1, 0.15) is 323 Å².